The number of aryl methyl sites for hydroxylation is 2. The maximum atomic E-state index is 5.41. The van der Waals surface area contributed by atoms with Crippen molar-refractivity contribution in [2.24, 2.45) is 10.7 Å². The van der Waals surface area contributed by atoms with Crippen molar-refractivity contribution >= 4 is 5.84 Å². The number of nitrogens with two attached hydrogens (primary N) is 1. The summed E-state index contributed by atoms with van der Waals surface area (Å²) in [7, 11) is 0. The minimum absolute atomic E-state index is 0.656. The summed E-state index contributed by atoms with van der Waals surface area (Å²) in [5.41, 5.74) is 7.83. The second kappa shape index (κ2) is 4.64. The van der Waals surface area contributed by atoms with E-state index in [9.17, 15) is 0 Å². The zero-order valence-corrected chi connectivity index (χ0v) is 8.17. The van der Waals surface area contributed by atoms with Gasteiger partial charge in [0.25, 0.3) is 0 Å². The molecule has 0 saturated heterocycles. The Kier molecular flexibility index (Phi) is 3.49. The Labute approximate surface area is 78.3 Å². The SMILES string of the molecule is CC(N)=NCCCc1cn[nH]c1C. The van der Waals surface area contributed by atoms with Gasteiger partial charge in [0.1, 0.15) is 0 Å². The molecule has 0 radical (unpaired) electrons. The lowest BCUT2D eigenvalue weighted by molar-refractivity contribution is 0.827. The first-order valence-electron chi connectivity index (χ1n) is 4.45. The molecule has 1 aromatic heterocycles. The van der Waals surface area contributed by atoms with Gasteiger partial charge in [-0.05, 0) is 32.3 Å². The molecule has 0 aromatic carbocycles. The highest BCUT2D eigenvalue weighted by Gasteiger charge is 1.98. The Morgan fingerprint density at radius 2 is 2.46 bits per heavy atom. The molecule has 0 bridgehead atoms. The summed E-state index contributed by atoms with van der Waals surface area (Å²) in [5.74, 6) is 0.656. The highest BCUT2D eigenvalue weighted by Crippen LogP contribution is 2.05. The third-order valence-electron chi connectivity index (χ3n) is 1.90. The molecule has 1 rings (SSSR count). The molecule has 0 amide bonds. The van der Waals surface area contributed by atoms with Gasteiger partial charge in [-0.1, -0.05) is 0 Å². The highest BCUT2D eigenvalue weighted by atomic mass is 15.1. The summed E-state index contributed by atoms with van der Waals surface area (Å²) in [6.07, 6.45) is 3.91. The van der Waals surface area contributed by atoms with E-state index < -0.39 is 0 Å². The maximum absolute atomic E-state index is 5.41. The van der Waals surface area contributed by atoms with Crippen LogP contribution in [0.1, 0.15) is 24.6 Å². The van der Waals surface area contributed by atoms with Crippen LogP contribution >= 0.6 is 0 Å². The summed E-state index contributed by atoms with van der Waals surface area (Å²) in [5, 5.41) is 6.86. The van der Waals surface area contributed by atoms with E-state index >= 15 is 0 Å². The maximum Gasteiger partial charge on any atom is 0.0905 e. The summed E-state index contributed by atoms with van der Waals surface area (Å²) < 4.78 is 0. The van der Waals surface area contributed by atoms with Crippen LogP contribution < -0.4 is 5.73 Å². The van der Waals surface area contributed by atoms with Crippen LogP contribution in [0.2, 0.25) is 0 Å². The normalized spacial score (nSPS) is 12.0. The van der Waals surface area contributed by atoms with E-state index in [0.29, 0.717) is 5.84 Å². The predicted octanol–water partition coefficient (Wildman–Crippen LogP) is 1.03. The van der Waals surface area contributed by atoms with Crippen molar-refractivity contribution in [3.63, 3.8) is 0 Å². The third-order valence-corrected chi connectivity index (χ3v) is 1.90. The Morgan fingerprint density at radius 3 is 3.00 bits per heavy atom. The van der Waals surface area contributed by atoms with E-state index in [1.165, 1.54) is 5.56 Å². The Bertz CT molecular complexity index is 284. The second-order valence-electron chi connectivity index (χ2n) is 3.15. The van der Waals surface area contributed by atoms with Crippen LogP contribution in [0.25, 0.3) is 0 Å². The molecule has 72 valence electrons. The molecule has 3 N–H and O–H groups in total. The van der Waals surface area contributed by atoms with Crippen LogP contribution in [-0.4, -0.2) is 22.6 Å². The number of aromatic amines is 1. The fourth-order valence-electron chi connectivity index (χ4n) is 1.15. The largest absolute Gasteiger partial charge is 0.388 e. The fourth-order valence-corrected chi connectivity index (χ4v) is 1.15. The van der Waals surface area contributed by atoms with Crippen molar-refractivity contribution in [2.75, 3.05) is 6.54 Å². The first-order chi connectivity index (χ1) is 6.20. The van der Waals surface area contributed by atoms with Crippen LogP contribution in [0, 0.1) is 6.92 Å². The average Bonchev–Trinajstić information content (AvgIpc) is 2.45. The highest BCUT2D eigenvalue weighted by molar-refractivity contribution is 5.77. The topological polar surface area (TPSA) is 67.1 Å². The monoisotopic (exact) mass is 180 g/mol. The van der Waals surface area contributed by atoms with Crippen molar-refractivity contribution in [1.29, 1.82) is 0 Å². The van der Waals surface area contributed by atoms with Gasteiger partial charge >= 0.3 is 0 Å². The number of rotatable bonds is 4. The standard InChI is InChI=1S/C9H16N4/c1-7-9(6-12-13-7)4-3-5-11-8(2)10/h6H,3-5H2,1-2H3,(H2,10,11)(H,12,13). The molecular weight excluding hydrogens is 164 g/mol. The van der Waals surface area contributed by atoms with Gasteiger partial charge < -0.3 is 5.73 Å². The van der Waals surface area contributed by atoms with Gasteiger partial charge in [0.05, 0.1) is 12.0 Å². The van der Waals surface area contributed by atoms with Crippen molar-refractivity contribution < 1.29 is 0 Å². The number of aromatic nitrogens is 2. The Balaban J connectivity index is 2.28. The molecule has 1 aromatic rings. The first-order valence-corrected chi connectivity index (χ1v) is 4.45. The minimum atomic E-state index is 0.656. The van der Waals surface area contributed by atoms with Gasteiger partial charge in [-0.15, -0.1) is 0 Å². The quantitative estimate of drug-likeness (QED) is 0.413. The number of H-pyrrole nitrogens is 1. The van der Waals surface area contributed by atoms with E-state index in [4.69, 9.17) is 5.73 Å². The second-order valence-corrected chi connectivity index (χ2v) is 3.15. The van der Waals surface area contributed by atoms with Crippen molar-refractivity contribution in [3.05, 3.63) is 17.5 Å². The molecule has 0 fully saturated rings. The Morgan fingerprint density at radius 1 is 1.69 bits per heavy atom. The van der Waals surface area contributed by atoms with Crippen molar-refractivity contribution in [3.8, 4) is 0 Å². The van der Waals surface area contributed by atoms with E-state index in [-0.39, 0.29) is 0 Å². The van der Waals surface area contributed by atoms with Gasteiger partial charge in [-0.25, -0.2) is 0 Å². The van der Waals surface area contributed by atoms with E-state index in [1.54, 1.807) is 0 Å². The molecule has 1 heterocycles. The van der Waals surface area contributed by atoms with E-state index in [2.05, 4.69) is 15.2 Å². The number of hydrogen-bond acceptors (Lipinski definition) is 2. The number of nitrogens with zero attached hydrogens (tertiary/aromatic N) is 2. The van der Waals surface area contributed by atoms with E-state index in [0.717, 1.165) is 25.1 Å². The van der Waals surface area contributed by atoms with Crippen LogP contribution in [0.4, 0.5) is 0 Å². The summed E-state index contributed by atoms with van der Waals surface area (Å²) in [6, 6.07) is 0. The zero-order valence-electron chi connectivity index (χ0n) is 8.17. The fraction of sp³-hybridized carbons (Fsp3) is 0.556. The average molecular weight is 180 g/mol. The number of amidine groups is 1. The summed E-state index contributed by atoms with van der Waals surface area (Å²) >= 11 is 0. The summed E-state index contributed by atoms with van der Waals surface area (Å²) in [4.78, 5) is 4.12. The molecular formula is C9H16N4. The number of hydrogen-bond donors (Lipinski definition) is 2. The van der Waals surface area contributed by atoms with Gasteiger partial charge in [-0.2, -0.15) is 5.10 Å². The number of nitrogens with one attached hydrogen (secondary N) is 1. The summed E-state index contributed by atoms with van der Waals surface area (Å²) in [6.45, 7) is 4.63. The molecule has 0 saturated carbocycles. The lowest BCUT2D eigenvalue weighted by Gasteiger charge is -1.96. The van der Waals surface area contributed by atoms with Crippen molar-refractivity contribution in [1.82, 2.24) is 10.2 Å². The third kappa shape index (κ3) is 3.27. The van der Waals surface area contributed by atoms with Crippen LogP contribution in [0.3, 0.4) is 0 Å². The zero-order chi connectivity index (χ0) is 9.68. The van der Waals surface area contributed by atoms with Gasteiger partial charge in [0, 0.05) is 12.2 Å². The molecule has 0 aliphatic heterocycles. The van der Waals surface area contributed by atoms with Gasteiger partial charge in [0.2, 0.25) is 0 Å². The molecule has 0 spiro atoms. The van der Waals surface area contributed by atoms with Gasteiger partial charge in [0.15, 0.2) is 0 Å². The van der Waals surface area contributed by atoms with Crippen LogP contribution in [-0.2, 0) is 6.42 Å². The lowest BCUT2D eigenvalue weighted by Crippen LogP contribution is -2.06. The van der Waals surface area contributed by atoms with Crippen molar-refractivity contribution in [2.45, 2.75) is 26.7 Å². The molecule has 4 heteroatoms. The lowest BCUT2D eigenvalue weighted by atomic mass is 10.1. The number of aliphatic imine (C=N–C) groups is 1. The minimum Gasteiger partial charge on any atom is -0.388 e. The Hall–Kier alpha value is -1.32. The first kappa shape index (κ1) is 9.77. The van der Waals surface area contributed by atoms with Crippen LogP contribution in [0.5, 0.6) is 0 Å². The van der Waals surface area contributed by atoms with Crippen LogP contribution in [0.15, 0.2) is 11.2 Å². The van der Waals surface area contributed by atoms with Gasteiger partial charge in [-0.3, -0.25) is 10.1 Å². The molecule has 0 aliphatic carbocycles. The molecule has 0 atom stereocenters. The molecule has 4 nitrogen and oxygen atoms in total. The van der Waals surface area contributed by atoms with E-state index in [1.807, 2.05) is 20.0 Å². The molecule has 13 heavy (non-hydrogen) atoms. The molecule has 0 unspecified atom stereocenters. The smallest absolute Gasteiger partial charge is 0.0905 e. The predicted molar refractivity (Wildman–Crippen MR) is 53.8 cm³/mol. The molecule has 0 aliphatic rings.